The second kappa shape index (κ2) is 7.77. The number of benzene rings is 1. The highest BCUT2D eigenvalue weighted by Crippen LogP contribution is 2.20. The van der Waals surface area contributed by atoms with E-state index in [2.05, 4.69) is 26.1 Å². The Labute approximate surface area is 168 Å². The summed E-state index contributed by atoms with van der Waals surface area (Å²) >= 11 is 6.11. The zero-order valence-corrected chi connectivity index (χ0v) is 16.8. The Morgan fingerprint density at radius 1 is 1.25 bits per heavy atom. The largest absolute Gasteiger partial charge is 0.360 e. The molecule has 146 valence electrons. The van der Waals surface area contributed by atoms with Crippen LogP contribution in [0.15, 0.2) is 36.7 Å². The maximum absolute atomic E-state index is 13.0. The maximum atomic E-state index is 13.0. The van der Waals surface area contributed by atoms with Crippen molar-refractivity contribution in [3.05, 3.63) is 58.6 Å². The van der Waals surface area contributed by atoms with Crippen LogP contribution in [0.5, 0.6) is 0 Å². The van der Waals surface area contributed by atoms with Gasteiger partial charge in [-0.3, -0.25) is 9.36 Å². The van der Waals surface area contributed by atoms with Crippen LogP contribution in [-0.4, -0.2) is 58.3 Å². The van der Waals surface area contributed by atoms with Crippen LogP contribution in [0.25, 0.3) is 5.95 Å². The number of H-pyrrole nitrogens is 1. The summed E-state index contributed by atoms with van der Waals surface area (Å²) in [6.45, 7) is 8.13. The van der Waals surface area contributed by atoms with Gasteiger partial charge in [0.1, 0.15) is 12.9 Å². The van der Waals surface area contributed by atoms with Crippen LogP contribution in [0.4, 0.5) is 5.69 Å². The lowest BCUT2D eigenvalue weighted by molar-refractivity contribution is -0.892. The minimum absolute atomic E-state index is 0.171. The van der Waals surface area contributed by atoms with Crippen LogP contribution in [0.1, 0.15) is 21.7 Å². The molecule has 0 saturated carbocycles. The molecule has 2 N–H and O–H groups in total. The third kappa shape index (κ3) is 3.68. The number of Topliss-reactive ketones (excluding diaryl/α,β-unsaturated/α-hetero) is 1. The van der Waals surface area contributed by atoms with E-state index >= 15 is 0 Å². The number of hydrogen-bond donors (Lipinski definition) is 2. The lowest BCUT2D eigenvalue weighted by atomic mass is 10.1. The summed E-state index contributed by atoms with van der Waals surface area (Å²) in [7, 11) is 0. The third-order valence-electron chi connectivity index (χ3n) is 5.40. The quantitative estimate of drug-likeness (QED) is 0.637. The van der Waals surface area contributed by atoms with Gasteiger partial charge in [-0.1, -0.05) is 17.7 Å². The molecule has 2 aromatic heterocycles. The summed E-state index contributed by atoms with van der Waals surface area (Å²) in [5.74, 6) is 0.807. The average molecular weight is 400 g/mol. The minimum atomic E-state index is 0.171. The van der Waals surface area contributed by atoms with E-state index < -0.39 is 0 Å². The Balaban J connectivity index is 1.41. The zero-order chi connectivity index (χ0) is 19.7. The fourth-order valence-electron chi connectivity index (χ4n) is 3.93. The van der Waals surface area contributed by atoms with Gasteiger partial charge >= 0.3 is 0 Å². The van der Waals surface area contributed by atoms with Gasteiger partial charge in [-0.15, -0.1) is 0 Å². The number of quaternary nitrogens is 1. The first-order chi connectivity index (χ1) is 13.5. The van der Waals surface area contributed by atoms with Crippen molar-refractivity contribution in [3.63, 3.8) is 0 Å². The molecule has 3 aromatic rings. The van der Waals surface area contributed by atoms with E-state index in [0.717, 1.165) is 53.8 Å². The van der Waals surface area contributed by atoms with Gasteiger partial charge < -0.3 is 9.80 Å². The summed E-state index contributed by atoms with van der Waals surface area (Å²) in [4.78, 5) is 20.8. The molecule has 1 fully saturated rings. The van der Waals surface area contributed by atoms with Crippen LogP contribution >= 0.6 is 11.6 Å². The van der Waals surface area contributed by atoms with E-state index in [1.165, 1.54) is 11.2 Å². The molecular weight excluding hydrogens is 376 g/mol. The number of aromatic amines is 1. The highest BCUT2D eigenvalue weighted by atomic mass is 35.5. The number of aryl methyl sites for hydroxylation is 1. The van der Waals surface area contributed by atoms with Crippen LogP contribution in [-0.2, 0) is 0 Å². The molecule has 0 amide bonds. The molecule has 1 aliphatic rings. The van der Waals surface area contributed by atoms with E-state index in [9.17, 15) is 4.79 Å². The first-order valence-electron chi connectivity index (χ1n) is 9.45. The van der Waals surface area contributed by atoms with Crippen molar-refractivity contribution in [2.24, 2.45) is 0 Å². The van der Waals surface area contributed by atoms with Crippen molar-refractivity contribution in [2.45, 2.75) is 13.8 Å². The minimum Gasteiger partial charge on any atom is -0.360 e. The number of anilines is 1. The molecule has 0 atom stereocenters. The number of carbonyl (C=O) groups is 1. The highest BCUT2D eigenvalue weighted by Gasteiger charge is 2.25. The Bertz CT molecular complexity index is 973. The van der Waals surface area contributed by atoms with Crippen LogP contribution in [0, 0.1) is 13.8 Å². The molecule has 0 radical (unpaired) electrons. The fraction of sp³-hybridized carbons (Fsp3) is 0.350. The number of piperazine rings is 1. The van der Waals surface area contributed by atoms with E-state index in [1.54, 1.807) is 0 Å². The molecule has 4 rings (SSSR count). The average Bonchev–Trinajstić information content (AvgIpc) is 3.30. The number of ketones is 1. The second-order valence-corrected chi connectivity index (χ2v) is 7.68. The van der Waals surface area contributed by atoms with Crippen molar-refractivity contribution < 1.29 is 9.69 Å². The zero-order valence-electron chi connectivity index (χ0n) is 16.1. The molecule has 28 heavy (non-hydrogen) atoms. The van der Waals surface area contributed by atoms with Gasteiger partial charge in [0.2, 0.25) is 11.7 Å². The molecule has 0 spiro atoms. The summed E-state index contributed by atoms with van der Waals surface area (Å²) in [6.07, 6.45) is 1.47. The molecular formula is C20H24ClN6O+. The lowest BCUT2D eigenvalue weighted by Crippen LogP contribution is -3.15. The SMILES string of the molecule is Cc1cc(C(=O)C[NH+]2CCN(c3cccc(Cl)c3)CC2)c(C)n1-c1ncn[nH]1. The fourth-order valence-corrected chi connectivity index (χ4v) is 4.12. The van der Waals surface area contributed by atoms with Gasteiger partial charge in [0, 0.05) is 27.7 Å². The van der Waals surface area contributed by atoms with Gasteiger partial charge in [-0.2, -0.15) is 10.1 Å². The van der Waals surface area contributed by atoms with E-state index in [-0.39, 0.29) is 5.78 Å². The standard InChI is InChI=1S/C20H23ClN6O/c1-14-10-18(15(2)27(14)20-22-13-23-24-20)19(28)12-25-6-8-26(9-7-25)17-5-3-4-16(21)11-17/h3-5,10-11,13H,6-9,12H2,1-2H3,(H,22,23,24)/p+1. The van der Waals surface area contributed by atoms with Crippen molar-refractivity contribution in [1.29, 1.82) is 0 Å². The molecule has 7 nitrogen and oxygen atoms in total. The number of halogens is 1. The topological polar surface area (TPSA) is 71.2 Å². The normalized spacial score (nSPS) is 15.2. The summed E-state index contributed by atoms with van der Waals surface area (Å²) in [5, 5.41) is 7.52. The van der Waals surface area contributed by atoms with E-state index in [1.807, 2.05) is 42.7 Å². The molecule has 1 aromatic carbocycles. The third-order valence-corrected chi connectivity index (χ3v) is 5.64. The number of carbonyl (C=O) groups excluding carboxylic acids is 1. The Hall–Kier alpha value is -2.64. The summed E-state index contributed by atoms with van der Waals surface area (Å²) in [6, 6.07) is 9.89. The Morgan fingerprint density at radius 2 is 2.04 bits per heavy atom. The van der Waals surface area contributed by atoms with Crippen molar-refractivity contribution in [3.8, 4) is 5.95 Å². The first-order valence-corrected chi connectivity index (χ1v) is 9.82. The predicted octanol–water partition coefficient (Wildman–Crippen LogP) is 1.45. The van der Waals surface area contributed by atoms with Gasteiger partial charge in [-0.25, -0.2) is 5.10 Å². The second-order valence-electron chi connectivity index (χ2n) is 7.25. The van der Waals surface area contributed by atoms with Crippen molar-refractivity contribution in [2.75, 3.05) is 37.6 Å². The van der Waals surface area contributed by atoms with Crippen molar-refractivity contribution >= 4 is 23.1 Å². The predicted molar refractivity (Wildman–Crippen MR) is 109 cm³/mol. The van der Waals surface area contributed by atoms with Crippen LogP contribution < -0.4 is 9.80 Å². The molecule has 1 aliphatic heterocycles. The number of nitrogens with zero attached hydrogens (tertiary/aromatic N) is 4. The summed E-state index contributed by atoms with van der Waals surface area (Å²) in [5.41, 5.74) is 3.78. The number of hydrogen-bond acceptors (Lipinski definition) is 4. The molecule has 3 heterocycles. The first kappa shape index (κ1) is 18.7. The number of aromatic nitrogens is 4. The summed E-state index contributed by atoms with van der Waals surface area (Å²) < 4.78 is 1.94. The monoisotopic (exact) mass is 399 g/mol. The molecule has 0 aliphatic carbocycles. The maximum Gasteiger partial charge on any atom is 0.229 e. The van der Waals surface area contributed by atoms with Crippen LogP contribution in [0.3, 0.4) is 0 Å². The van der Waals surface area contributed by atoms with Crippen LogP contribution in [0.2, 0.25) is 5.02 Å². The molecule has 0 unspecified atom stereocenters. The van der Waals surface area contributed by atoms with Gasteiger partial charge in [0.15, 0.2) is 0 Å². The number of rotatable bonds is 5. The van der Waals surface area contributed by atoms with Gasteiger partial charge in [-0.05, 0) is 38.1 Å². The molecule has 8 heteroatoms. The molecule has 1 saturated heterocycles. The Morgan fingerprint density at radius 3 is 2.71 bits per heavy atom. The van der Waals surface area contributed by atoms with Gasteiger partial charge in [0.05, 0.1) is 26.2 Å². The highest BCUT2D eigenvalue weighted by molar-refractivity contribution is 6.30. The van der Waals surface area contributed by atoms with E-state index in [0.29, 0.717) is 12.5 Å². The smallest absolute Gasteiger partial charge is 0.229 e. The van der Waals surface area contributed by atoms with Crippen molar-refractivity contribution in [1.82, 2.24) is 19.7 Å². The van der Waals surface area contributed by atoms with Gasteiger partial charge in [0.25, 0.3) is 0 Å². The lowest BCUT2D eigenvalue weighted by Gasteiger charge is -2.33. The number of nitrogens with one attached hydrogen (secondary N) is 2. The molecule has 0 bridgehead atoms. The Kier molecular flexibility index (Phi) is 5.19. The van der Waals surface area contributed by atoms with E-state index in [4.69, 9.17) is 11.6 Å².